The van der Waals surface area contributed by atoms with E-state index in [0.717, 1.165) is 42.6 Å². The number of halogens is 1. The van der Waals surface area contributed by atoms with E-state index in [9.17, 15) is 9.59 Å². The van der Waals surface area contributed by atoms with Crippen LogP contribution in [0.15, 0.2) is 42.5 Å². The Labute approximate surface area is 193 Å². The fourth-order valence-corrected chi connectivity index (χ4v) is 6.63. The number of hydrogen-bond acceptors (Lipinski definition) is 3. The van der Waals surface area contributed by atoms with Crippen LogP contribution in [-0.2, 0) is 4.79 Å². The molecule has 0 radical (unpaired) electrons. The van der Waals surface area contributed by atoms with Gasteiger partial charge in [0.15, 0.2) is 6.61 Å². The molecule has 5 nitrogen and oxygen atoms in total. The van der Waals surface area contributed by atoms with Crippen LogP contribution in [0.2, 0.25) is 5.02 Å². The fraction of sp³-hybridized carbons (Fsp3) is 0.462. The number of anilines is 1. The highest BCUT2D eigenvalue weighted by Crippen LogP contribution is 2.55. The summed E-state index contributed by atoms with van der Waals surface area (Å²) in [7, 11) is 0. The lowest BCUT2D eigenvalue weighted by Crippen LogP contribution is -2.60. The maximum atomic E-state index is 12.9. The lowest BCUT2D eigenvalue weighted by Gasteiger charge is -2.56. The molecule has 6 heteroatoms. The normalized spacial score (nSPS) is 27.8. The molecule has 0 heterocycles. The van der Waals surface area contributed by atoms with E-state index in [1.807, 2.05) is 13.0 Å². The first kappa shape index (κ1) is 21.3. The predicted molar refractivity (Wildman–Crippen MR) is 125 cm³/mol. The molecular formula is C26H29ClN2O3. The highest BCUT2D eigenvalue weighted by molar-refractivity contribution is 6.31. The maximum absolute atomic E-state index is 12.9. The molecule has 2 amide bonds. The van der Waals surface area contributed by atoms with E-state index in [1.165, 1.54) is 19.3 Å². The quantitative estimate of drug-likeness (QED) is 0.619. The van der Waals surface area contributed by atoms with Crippen molar-refractivity contribution in [1.82, 2.24) is 5.32 Å². The van der Waals surface area contributed by atoms with Crippen LogP contribution in [-0.4, -0.2) is 24.0 Å². The molecule has 2 aromatic rings. The van der Waals surface area contributed by atoms with Crippen molar-refractivity contribution in [1.29, 1.82) is 0 Å². The van der Waals surface area contributed by atoms with Gasteiger partial charge >= 0.3 is 0 Å². The third-order valence-corrected chi connectivity index (χ3v) is 7.86. The first-order valence-electron chi connectivity index (χ1n) is 11.5. The summed E-state index contributed by atoms with van der Waals surface area (Å²) >= 11 is 6.17. The molecule has 4 aliphatic rings. The van der Waals surface area contributed by atoms with Crippen molar-refractivity contribution in [3.05, 3.63) is 58.6 Å². The minimum atomic E-state index is -0.299. The Bertz CT molecular complexity index is 1020. The van der Waals surface area contributed by atoms with Crippen molar-refractivity contribution < 1.29 is 14.3 Å². The van der Waals surface area contributed by atoms with Crippen molar-refractivity contribution in [3.8, 4) is 5.75 Å². The van der Waals surface area contributed by atoms with Crippen LogP contribution in [0.5, 0.6) is 5.75 Å². The van der Waals surface area contributed by atoms with Gasteiger partial charge in [0, 0.05) is 16.2 Å². The minimum absolute atomic E-state index is 0.0454. The van der Waals surface area contributed by atoms with Gasteiger partial charge in [-0.15, -0.1) is 0 Å². The van der Waals surface area contributed by atoms with Gasteiger partial charge in [0.25, 0.3) is 11.8 Å². The molecular weight excluding hydrogens is 424 g/mol. The zero-order chi connectivity index (χ0) is 22.3. The van der Waals surface area contributed by atoms with Crippen LogP contribution in [0.3, 0.4) is 0 Å². The summed E-state index contributed by atoms with van der Waals surface area (Å²) < 4.78 is 5.83. The number of para-hydroxylation sites is 1. The van der Waals surface area contributed by atoms with E-state index in [2.05, 4.69) is 10.6 Å². The van der Waals surface area contributed by atoms with Gasteiger partial charge < -0.3 is 15.4 Å². The molecule has 2 N–H and O–H groups in total. The summed E-state index contributed by atoms with van der Waals surface area (Å²) in [6.45, 7) is 1.76. The summed E-state index contributed by atoms with van der Waals surface area (Å²) in [5.74, 6) is 2.29. The first-order chi connectivity index (χ1) is 15.4. The summed E-state index contributed by atoms with van der Waals surface area (Å²) in [6, 6.07) is 12.4. The topological polar surface area (TPSA) is 67.4 Å². The average molecular weight is 453 g/mol. The second kappa shape index (κ2) is 8.43. The van der Waals surface area contributed by atoms with Gasteiger partial charge in [0.2, 0.25) is 0 Å². The number of carbonyl (C=O) groups excluding carboxylic acids is 2. The number of hydrogen-bond donors (Lipinski definition) is 2. The van der Waals surface area contributed by atoms with Gasteiger partial charge in [0.1, 0.15) is 5.75 Å². The first-order valence-corrected chi connectivity index (χ1v) is 11.9. The Morgan fingerprint density at radius 2 is 1.66 bits per heavy atom. The van der Waals surface area contributed by atoms with E-state index < -0.39 is 0 Å². The molecule has 6 rings (SSSR count). The number of benzene rings is 2. The molecule has 0 atom stereocenters. The van der Waals surface area contributed by atoms with Crippen LogP contribution in [0, 0.1) is 24.7 Å². The average Bonchev–Trinajstić information content (AvgIpc) is 2.74. The highest BCUT2D eigenvalue weighted by atomic mass is 35.5. The van der Waals surface area contributed by atoms with Gasteiger partial charge in [-0.2, -0.15) is 0 Å². The van der Waals surface area contributed by atoms with Gasteiger partial charge in [0.05, 0.1) is 5.56 Å². The molecule has 4 aliphatic carbocycles. The van der Waals surface area contributed by atoms with Gasteiger partial charge in [-0.25, -0.2) is 0 Å². The summed E-state index contributed by atoms with van der Waals surface area (Å²) in [5.41, 5.74) is 1.79. The van der Waals surface area contributed by atoms with Crippen LogP contribution in [0.1, 0.15) is 54.4 Å². The maximum Gasteiger partial charge on any atom is 0.259 e. The summed E-state index contributed by atoms with van der Waals surface area (Å²) in [5, 5.41) is 6.80. The zero-order valence-corrected chi connectivity index (χ0v) is 19.1. The van der Waals surface area contributed by atoms with E-state index in [0.29, 0.717) is 22.0 Å². The number of nitrogens with one attached hydrogen (secondary N) is 2. The lowest BCUT2D eigenvalue weighted by molar-refractivity contribution is -0.128. The van der Waals surface area contributed by atoms with Crippen molar-refractivity contribution >= 4 is 29.1 Å². The largest absolute Gasteiger partial charge is 0.483 e. The van der Waals surface area contributed by atoms with Gasteiger partial charge in [-0.1, -0.05) is 29.8 Å². The Morgan fingerprint density at radius 1 is 1.00 bits per heavy atom. The summed E-state index contributed by atoms with van der Waals surface area (Å²) in [4.78, 5) is 25.7. The minimum Gasteiger partial charge on any atom is -0.483 e. The second-order valence-corrected chi connectivity index (χ2v) is 10.3. The van der Waals surface area contributed by atoms with Crippen LogP contribution < -0.4 is 15.4 Å². The standard InChI is InChI=1S/C26H29ClN2O3/c1-16-21(27)6-4-7-22(16)28-25(31)20-5-2-3-8-23(20)32-15-24(30)29-26-12-17-9-18(13-26)11-19(10-17)14-26/h2-8,17-19H,9-15H2,1H3,(H,28,31)(H,29,30). The molecule has 4 bridgehead atoms. The monoisotopic (exact) mass is 452 g/mol. The number of amides is 2. The molecule has 2 aromatic carbocycles. The fourth-order valence-electron chi connectivity index (χ4n) is 6.45. The van der Waals surface area contributed by atoms with Crippen molar-refractivity contribution in [2.24, 2.45) is 17.8 Å². The molecule has 168 valence electrons. The predicted octanol–water partition coefficient (Wildman–Crippen LogP) is 5.36. The number of ether oxygens (including phenoxy) is 1. The Morgan fingerprint density at radius 3 is 2.34 bits per heavy atom. The third kappa shape index (κ3) is 4.23. The third-order valence-electron chi connectivity index (χ3n) is 7.45. The van der Waals surface area contributed by atoms with E-state index in [4.69, 9.17) is 16.3 Å². The Kier molecular flexibility index (Phi) is 5.62. The molecule has 0 spiro atoms. The van der Waals surface area contributed by atoms with Crippen molar-refractivity contribution in [3.63, 3.8) is 0 Å². The Balaban J connectivity index is 1.23. The van der Waals surface area contributed by atoms with Crippen LogP contribution in [0.25, 0.3) is 0 Å². The van der Waals surface area contributed by atoms with Gasteiger partial charge in [-0.3, -0.25) is 9.59 Å². The smallest absolute Gasteiger partial charge is 0.259 e. The van der Waals surface area contributed by atoms with Crippen molar-refractivity contribution in [2.75, 3.05) is 11.9 Å². The summed E-state index contributed by atoms with van der Waals surface area (Å²) in [6.07, 6.45) is 7.30. The molecule has 4 fully saturated rings. The van der Waals surface area contributed by atoms with Crippen molar-refractivity contribution in [2.45, 2.75) is 51.0 Å². The van der Waals surface area contributed by atoms with E-state index >= 15 is 0 Å². The molecule has 4 saturated carbocycles. The van der Waals surface area contributed by atoms with Crippen LogP contribution >= 0.6 is 11.6 Å². The van der Waals surface area contributed by atoms with Gasteiger partial charge in [-0.05, 0) is 93.0 Å². The molecule has 0 unspecified atom stereocenters. The Hall–Kier alpha value is -2.53. The van der Waals surface area contributed by atoms with Crippen LogP contribution in [0.4, 0.5) is 5.69 Å². The highest BCUT2D eigenvalue weighted by Gasteiger charge is 2.51. The number of carbonyl (C=O) groups is 2. The van der Waals surface area contributed by atoms with E-state index in [-0.39, 0.29) is 24.0 Å². The zero-order valence-electron chi connectivity index (χ0n) is 18.3. The lowest BCUT2D eigenvalue weighted by atomic mass is 9.53. The SMILES string of the molecule is Cc1c(Cl)cccc1NC(=O)c1ccccc1OCC(=O)NC12CC3CC(CC(C3)C1)C2. The molecule has 0 saturated heterocycles. The van der Waals surface area contributed by atoms with E-state index in [1.54, 1.807) is 36.4 Å². The molecule has 0 aromatic heterocycles. The number of rotatable bonds is 6. The molecule has 0 aliphatic heterocycles. The molecule has 32 heavy (non-hydrogen) atoms. The second-order valence-electron chi connectivity index (χ2n) is 9.90.